The fourth-order valence-electron chi connectivity index (χ4n) is 1.92. The Balaban J connectivity index is 2.05. The molecule has 2 aromatic carbocycles. The van der Waals surface area contributed by atoms with Gasteiger partial charge in [0.1, 0.15) is 5.02 Å². The number of hydrogen-bond acceptors (Lipinski definition) is 4. The highest BCUT2D eigenvalue weighted by Gasteiger charge is 2.14. The molecule has 0 atom stereocenters. The molecule has 1 amide bonds. The van der Waals surface area contributed by atoms with E-state index < -0.39 is 4.92 Å². The number of carbonyl (C=O) groups excluding carboxylic acids is 1. The van der Waals surface area contributed by atoms with Crippen LogP contribution in [0.15, 0.2) is 52.0 Å². The summed E-state index contributed by atoms with van der Waals surface area (Å²) in [6.07, 6.45) is 0.185. The first-order valence-electron chi connectivity index (χ1n) is 6.88. The Bertz CT molecular complexity index is 807. The largest absolute Gasteiger partial charge is 0.288 e. The molecule has 2 rings (SSSR count). The van der Waals surface area contributed by atoms with E-state index in [0.717, 1.165) is 10.0 Å². The van der Waals surface area contributed by atoms with Crippen molar-refractivity contribution in [1.29, 1.82) is 0 Å². The fraction of sp³-hybridized carbons (Fsp3) is 0.125. The topological polar surface area (TPSA) is 84.6 Å². The smallest absolute Gasteiger partial charge is 0.273 e. The Morgan fingerprint density at radius 1 is 1.29 bits per heavy atom. The summed E-state index contributed by atoms with van der Waals surface area (Å²) in [5.74, 6) is -0.278. The molecule has 0 bridgehead atoms. The first kappa shape index (κ1) is 18.1. The summed E-state index contributed by atoms with van der Waals surface area (Å²) < 4.78 is 0.935. The maximum absolute atomic E-state index is 11.9. The molecule has 8 heteroatoms. The quantitative estimate of drug-likeness (QED) is 0.457. The number of nitro benzene ring substituents is 1. The minimum Gasteiger partial charge on any atom is -0.273 e. The van der Waals surface area contributed by atoms with Gasteiger partial charge in [-0.2, -0.15) is 5.10 Å². The van der Waals surface area contributed by atoms with Gasteiger partial charge in [-0.05, 0) is 30.7 Å². The van der Waals surface area contributed by atoms with Gasteiger partial charge in [0.25, 0.3) is 5.69 Å². The van der Waals surface area contributed by atoms with Crippen LogP contribution in [0.5, 0.6) is 0 Å². The Morgan fingerprint density at radius 2 is 1.96 bits per heavy atom. The third-order valence-electron chi connectivity index (χ3n) is 3.19. The van der Waals surface area contributed by atoms with Crippen molar-refractivity contribution in [2.75, 3.05) is 0 Å². The van der Waals surface area contributed by atoms with E-state index in [-0.39, 0.29) is 23.0 Å². The van der Waals surface area contributed by atoms with E-state index in [9.17, 15) is 14.9 Å². The molecule has 6 nitrogen and oxygen atoms in total. The summed E-state index contributed by atoms with van der Waals surface area (Å²) in [6.45, 7) is 1.65. The first-order valence-corrected chi connectivity index (χ1v) is 8.06. The number of halogens is 2. The third kappa shape index (κ3) is 4.87. The van der Waals surface area contributed by atoms with Crippen LogP contribution in [0.1, 0.15) is 18.1 Å². The van der Waals surface area contributed by atoms with Crippen molar-refractivity contribution in [2.24, 2.45) is 5.10 Å². The highest BCUT2D eigenvalue weighted by molar-refractivity contribution is 9.10. The van der Waals surface area contributed by atoms with Crippen molar-refractivity contribution in [1.82, 2.24) is 5.43 Å². The molecule has 0 aromatic heterocycles. The molecule has 0 fully saturated rings. The van der Waals surface area contributed by atoms with E-state index in [4.69, 9.17) is 11.6 Å². The van der Waals surface area contributed by atoms with Crippen LogP contribution in [0.25, 0.3) is 0 Å². The van der Waals surface area contributed by atoms with Gasteiger partial charge < -0.3 is 0 Å². The zero-order chi connectivity index (χ0) is 17.7. The van der Waals surface area contributed by atoms with Crippen molar-refractivity contribution < 1.29 is 9.72 Å². The number of rotatable bonds is 5. The highest BCUT2D eigenvalue weighted by Crippen LogP contribution is 2.25. The molecule has 0 saturated carbocycles. The number of nitrogens with zero attached hydrogens (tertiary/aromatic N) is 2. The van der Waals surface area contributed by atoms with E-state index in [1.807, 2.05) is 24.3 Å². The Kier molecular flexibility index (Phi) is 6.05. The molecule has 0 heterocycles. The van der Waals surface area contributed by atoms with E-state index in [1.54, 1.807) is 13.0 Å². The maximum Gasteiger partial charge on any atom is 0.288 e. The van der Waals surface area contributed by atoms with Gasteiger partial charge in [-0.15, -0.1) is 0 Å². The van der Waals surface area contributed by atoms with E-state index in [0.29, 0.717) is 11.3 Å². The predicted molar refractivity (Wildman–Crippen MR) is 96.3 cm³/mol. The summed E-state index contributed by atoms with van der Waals surface area (Å²) in [6, 6.07) is 11.7. The van der Waals surface area contributed by atoms with E-state index in [1.165, 1.54) is 12.1 Å². The van der Waals surface area contributed by atoms with Gasteiger partial charge in [-0.1, -0.05) is 45.7 Å². The molecule has 0 radical (unpaired) electrons. The zero-order valence-corrected chi connectivity index (χ0v) is 15.0. The van der Waals surface area contributed by atoms with Crippen LogP contribution in [0.3, 0.4) is 0 Å². The van der Waals surface area contributed by atoms with Crippen molar-refractivity contribution in [3.8, 4) is 0 Å². The normalized spacial score (nSPS) is 11.2. The summed E-state index contributed by atoms with van der Waals surface area (Å²) in [5.41, 5.74) is 4.04. The number of hydrazone groups is 1. The van der Waals surface area contributed by atoms with E-state index >= 15 is 0 Å². The number of nitro groups is 1. The molecule has 1 N–H and O–H groups in total. The van der Waals surface area contributed by atoms with E-state index in [2.05, 4.69) is 26.5 Å². The second kappa shape index (κ2) is 8.03. The van der Waals surface area contributed by atoms with Gasteiger partial charge in [0.2, 0.25) is 5.91 Å². The van der Waals surface area contributed by atoms with Gasteiger partial charge in [0.15, 0.2) is 0 Å². The van der Waals surface area contributed by atoms with Crippen LogP contribution in [-0.2, 0) is 11.2 Å². The van der Waals surface area contributed by atoms with Crippen LogP contribution in [-0.4, -0.2) is 16.5 Å². The molecule has 24 heavy (non-hydrogen) atoms. The number of carbonyl (C=O) groups is 1. The van der Waals surface area contributed by atoms with Gasteiger partial charge >= 0.3 is 0 Å². The predicted octanol–water partition coefficient (Wildman–Crippen LogP) is 4.09. The average Bonchev–Trinajstić information content (AvgIpc) is 2.55. The first-order chi connectivity index (χ1) is 11.4. The lowest BCUT2D eigenvalue weighted by atomic mass is 10.1. The molecule has 0 saturated heterocycles. The van der Waals surface area contributed by atoms with Crippen molar-refractivity contribution in [3.05, 3.63) is 73.2 Å². The SMILES string of the molecule is C/C(=N\NC(=O)Cc1ccc(Br)cc1)c1ccc(Cl)c([N+](=O)[O-])c1. The second-order valence-corrected chi connectivity index (χ2v) is 6.28. The zero-order valence-electron chi connectivity index (χ0n) is 12.6. The van der Waals surface area contributed by atoms with Crippen molar-refractivity contribution in [3.63, 3.8) is 0 Å². The number of benzene rings is 2. The number of nitrogens with one attached hydrogen (secondary N) is 1. The third-order valence-corrected chi connectivity index (χ3v) is 4.04. The number of amides is 1. The highest BCUT2D eigenvalue weighted by atomic mass is 79.9. The lowest BCUT2D eigenvalue weighted by Crippen LogP contribution is -2.21. The minimum atomic E-state index is -0.564. The summed E-state index contributed by atoms with van der Waals surface area (Å²) in [4.78, 5) is 22.2. The fourth-order valence-corrected chi connectivity index (χ4v) is 2.37. The number of hydrogen-bond donors (Lipinski definition) is 1. The lowest BCUT2D eigenvalue weighted by Gasteiger charge is -2.04. The molecule has 2 aromatic rings. The van der Waals surface area contributed by atoms with Crippen LogP contribution < -0.4 is 5.43 Å². The molecule has 0 aliphatic rings. The monoisotopic (exact) mass is 409 g/mol. The second-order valence-electron chi connectivity index (χ2n) is 4.96. The average molecular weight is 411 g/mol. The van der Waals surface area contributed by atoms with Crippen molar-refractivity contribution >= 4 is 44.8 Å². The maximum atomic E-state index is 11.9. The molecule has 0 unspecified atom stereocenters. The Hall–Kier alpha value is -2.25. The minimum absolute atomic E-state index is 0.0517. The summed E-state index contributed by atoms with van der Waals surface area (Å²) in [5, 5.41) is 14.9. The molecular weight excluding hydrogens is 398 g/mol. The standard InChI is InChI=1S/C16H13BrClN3O3/c1-10(12-4-7-14(18)15(9-12)21(23)24)19-20-16(22)8-11-2-5-13(17)6-3-11/h2-7,9H,8H2,1H3,(H,20,22)/b19-10+. The van der Waals surface area contributed by atoms with Crippen LogP contribution in [0.4, 0.5) is 5.69 Å². The molecule has 124 valence electrons. The molecule has 0 spiro atoms. The Morgan fingerprint density at radius 3 is 2.58 bits per heavy atom. The van der Waals surface area contributed by atoms with Crippen LogP contribution in [0.2, 0.25) is 5.02 Å². The molecular formula is C16H13BrClN3O3. The summed E-state index contributed by atoms with van der Waals surface area (Å²) >= 11 is 9.10. The van der Waals surface area contributed by atoms with Gasteiger partial charge in [-0.25, -0.2) is 5.43 Å². The van der Waals surface area contributed by atoms with Crippen LogP contribution >= 0.6 is 27.5 Å². The van der Waals surface area contributed by atoms with Gasteiger partial charge in [0.05, 0.1) is 17.1 Å². The van der Waals surface area contributed by atoms with Crippen molar-refractivity contribution in [2.45, 2.75) is 13.3 Å². The van der Waals surface area contributed by atoms with Gasteiger partial charge in [-0.3, -0.25) is 14.9 Å². The molecule has 0 aliphatic carbocycles. The lowest BCUT2D eigenvalue weighted by molar-refractivity contribution is -0.384. The summed E-state index contributed by atoms with van der Waals surface area (Å²) in [7, 11) is 0. The van der Waals surface area contributed by atoms with Gasteiger partial charge in [0, 0.05) is 16.1 Å². The molecule has 0 aliphatic heterocycles. The van der Waals surface area contributed by atoms with Crippen LogP contribution in [0, 0.1) is 10.1 Å². The Labute approximate surface area is 151 Å².